The smallest absolute Gasteiger partial charge is 0.344 e. The Morgan fingerprint density at radius 3 is 2.46 bits per heavy atom. The Labute approximate surface area is 151 Å². The van der Waals surface area contributed by atoms with E-state index >= 15 is 0 Å². The fourth-order valence-corrected chi connectivity index (χ4v) is 2.91. The Balaban J connectivity index is 2.22. The van der Waals surface area contributed by atoms with Gasteiger partial charge in [0.25, 0.3) is 0 Å². The number of benzene rings is 2. The molecule has 0 aliphatic heterocycles. The standard InChI is InChI=1S/C20H21NO5/c1-21(2)11-16-17(22)8-5-12-9-15(20(23)26-19(12)16)14-7-6-13(24-3)10-18(14)25-4/h5-10,22H,11H2,1-4H3. The first-order valence-electron chi connectivity index (χ1n) is 8.10. The highest BCUT2D eigenvalue weighted by molar-refractivity contribution is 5.86. The van der Waals surface area contributed by atoms with Gasteiger partial charge < -0.3 is 23.9 Å². The van der Waals surface area contributed by atoms with Crippen LogP contribution < -0.4 is 15.1 Å². The Morgan fingerprint density at radius 1 is 1.04 bits per heavy atom. The fourth-order valence-electron chi connectivity index (χ4n) is 2.91. The van der Waals surface area contributed by atoms with Crippen LogP contribution in [0.15, 0.2) is 45.6 Å². The van der Waals surface area contributed by atoms with Crippen LogP contribution in [0.3, 0.4) is 0 Å². The highest BCUT2D eigenvalue weighted by Gasteiger charge is 2.17. The summed E-state index contributed by atoms with van der Waals surface area (Å²) in [6, 6.07) is 10.3. The summed E-state index contributed by atoms with van der Waals surface area (Å²) in [6.07, 6.45) is 0. The van der Waals surface area contributed by atoms with Crippen LogP contribution in [0.1, 0.15) is 5.56 Å². The molecule has 6 heteroatoms. The molecule has 136 valence electrons. The zero-order valence-electron chi connectivity index (χ0n) is 15.2. The van der Waals surface area contributed by atoms with E-state index in [9.17, 15) is 9.90 Å². The van der Waals surface area contributed by atoms with Crippen molar-refractivity contribution in [2.24, 2.45) is 0 Å². The van der Waals surface area contributed by atoms with Gasteiger partial charge in [-0.15, -0.1) is 0 Å². The van der Waals surface area contributed by atoms with E-state index in [0.717, 1.165) is 5.39 Å². The van der Waals surface area contributed by atoms with Crippen LogP contribution in [0.2, 0.25) is 0 Å². The van der Waals surface area contributed by atoms with E-state index in [2.05, 4.69) is 0 Å². The van der Waals surface area contributed by atoms with Crippen LogP contribution in [0, 0.1) is 0 Å². The molecule has 0 fully saturated rings. The Morgan fingerprint density at radius 2 is 1.81 bits per heavy atom. The second-order valence-electron chi connectivity index (χ2n) is 6.23. The summed E-state index contributed by atoms with van der Waals surface area (Å²) in [5.41, 5.74) is 1.48. The van der Waals surface area contributed by atoms with Crippen LogP contribution >= 0.6 is 0 Å². The quantitative estimate of drug-likeness (QED) is 0.709. The lowest BCUT2D eigenvalue weighted by Crippen LogP contribution is -2.12. The van der Waals surface area contributed by atoms with Gasteiger partial charge in [0.15, 0.2) is 0 Å². The zero-order valence-corrected chi connectivity index (χ0v) is 15.2. The molecule has 3 rings (SSSR count). The third-order valence-corrected chi connectivity index (χ3v) is 4.15. The van der Waals surface area contributed by atoms with Crippen molar-refractivity contribution in [1.29, 1.82) is 0 Å². The van der Waals surface area contributed by atoms with Gasteiger partial charge in [-0.25, -0.2) is 4.79 Å². The van der Waals surface area contributed by atoms with Crippen LogP contribution in [-0.2, 0) is 6.54 Å². The Hall–Kier alpha value is -2.99. The van der Waals surface area contributed by atoms with Crippen LogP contribution in [0.4, 0.5) is 0 Å². The number of methoxy groups -OCH3 is 2. The molecule has 6 nitrogen and oxygen atoms in total. The molecular weight excluding hydrogens is 334 g/mol. The molecule has 0 atom stereocenters. The van der Waals surface area contributed by atoms with E-state index in [-0.39, 0.29) is 5.75 Å². The second-order valence-corrected chi connectivity index (χ2v) is 6.23. The molecular formula is C20H21NO5. The molecule has 0 saturated carbocycles. The molecule has 1 aromatic heterocycles. The molecule has 0 amide bonds. The lowest BCUT2D eigenvalue weighted by atomic mass is 10.0. The first-order valence-corrected chi connectivity index (χ1v) is 8.10. The fraction of sp³-hybridized carbons (Fsp3) is 0.250. The van der Waals surface area contributed by atoms with Gasteiger partial charge in [-0.05, 0) is 44.4 Å². The van der Waals surface area contributed by atoms with Crippen LogP contribution in [-0.4, -0.2) is 38.3 Å². The summed E-state index contributed by atoms with van der Waals surface area (Å²) in [5.74, 6) is 1.25. The molecule has 3 aromatic rings. The van der Waals surface area contributed by atoms with Gasteiger partial charge in [0.2, 0.25) is 0 Å². The number of ether oxygens (including phenoxy) is 2. The maximum absolute atomic E-state index is 12.7. The molecule has 0 bridgehead atoms. The summed E-state index contributed by atoms with van der Waals surface area (Å²) in [4.78, 5) is 14.6. The number of phenolic OH excluding ortho intramolecular Hbond substituents is 1. The van der Waals surface area contributed by atoms with Crippen molar-refractivity contribution in [3.8, 4) is 28.4 Å². The summed E-state index contributed by atoms with van der Waals surface area (Å²) >= 11 is 0. The van der Waals surface area contributed by atoms with Gasteiger partial charge in [-0.2, -0.15) is 0 Å². The monoisotopic (exact) mass is 355 g/mol. The molecule has 0 saturated heterocycles. The van der Waals surface area contributed by atoms with Gasteiger partial charge >= 0.3 is 5.63 Å². The third kappa shape index (κ3) is 3.23. The molecule has 1 heterocycles. The SMILES string of the molecule is COc1ccc(-c2cc3ccc(O)c(CN(C)C)c3oc2=O)c(OC)c1. The predicted octanol–water partition coefficient (Wildman–Crippen LogP) is 3.24. The molecule has 1 N–H and O–H groups in total. The summed E-state index contributed by atoms with van der Waals surface area (Å²) in [7, 11) is 6.87. The molecule has 2 aromatic carbocycles. The summed E-state index contributed by atoms with van der Waals surface area (Å²) in [5, 5.41) is 10.9. The minimum absolute atomic E-state index is 0.101. The molecule has 0 unspecified atom stereocenters. The van der Waals surface area contributed by atoms with Crippen LogP contribution in [0.5, 0.6) is 17.2 Å². The highest BCUT2D eigenvalue weighted by Crippen LogP contribution is 2.34. The van der Waals surface area contributed by atoms with E-state index < -0.39 is 5.63 Å². The Kier molecular flexibility index (Phi) is 4.86. The number of phenols is 1. The number of fused-ring (bicyclic) bond motifs is 1. The van der Waals surface area contributed by atoms with E-state index in [1.807, 2.05) is 19.0 Å². The zero-order chi connectivity index (χ0) is 18.8. The van der Waals surface area contributed by atoms with E-state index in [1.165, 1.54) is 7.11 Å². The number of aromatic hydroxyl groups is 1. The molecule has 0 aliphatic carbocycles. The van der Waals surface area contributed by atoms with Gasteiger partial charge in [-0.1, -0.05) is 0 Å². The average molecular weight is 355 g/mol. The van der Waals surface area contributed by atoms with E-state index in [0.29, 0.717) is 40.3 Å². The first kappa shape index (κ1) is 17.8. The van der Waals surface area contributed by atoms with Crippen LogP contribution in [0.25, 0.3) is 22.1 Å². The Bertz CT molecular complexity index is 1010. The van der Waals surface area contributed by atoms with Gasteiger partial charge in [0, 0.05) is 23.6 Å². The average Bonchev–Trinajstić information content (AvgIpc) is 2.63. The topological polar surface area (TPSA) is 72.1 Å². The lowest BCUT2D eigenvalue weighted by molar-refractivity contribution is 0.383. The maximum Gasteiger partial charge on any atom is 0.344 e. The summed E-state index contributed by atoms with van der Waals surface area (Å²) < 4.78 is 16.2. The largest absolute Gasteiger partial charge is 0.507 e. The van der Waals surface area contributed by atoms with Crippen molar-refractivity contribution in [3.63, 3.8) is 0 Å². The van der Waals surface area contributed by atoms with Crippen molar-refractivity contribution in [2.45, 2.75) is 6.54 Å². The predicted molar refractivity (Wildman–Crippen MR) is 100 cm³/mol. The molecule has 26 heavy (non-hydrogen) atoms. The van der Waals surface area contributed by atoms with Gasteiger partial charge in [-0.3, -0.25) is 0 Å². The second kappa shape index (κ2) is 7.09. The van der Waals surface area contributed by atoms with E-state index in [1.54, 1.807) is 43.5 Å². The number of hydrogen-bond acceptors (Lipinski definition) is 6. The normalized spacial score (nSPS) is 11.1. The summed E-state index contributed by atoms with van der Waals surface area (Å²) in [6.45, 7) is 0.456. The third-order valence-electron chi connectivity index (χ3n) is 4.15. The first-order chi connectivity index (χ1) is 12.4. The van der Waals surface area contributed by atoms with Crippen molar-refractivity contribution in [1.82, 2.24) is 4.90 Å². The molecule has 0 spiro atoms. The van der Waals surface area contributed by atoms with Gasteiger partial charge in [0.05, 0.1) is 25.3 Å². The van der Waals surface area contributed by atoms with Crippen molar-refractivity contribution in [3.05, 3.63) is 52.4 Å². The number of hydrogen-bond donors (Lipinski definition) is 1. The molecule has 0 aliphatic rings. The minimum atomic E-state index is -0.494. The van der Waals surface area contributed by atoms with E-state index in [4.69, 9.17) is 13.9 Å². The van der Waals surface area contributed by atoms with Crippen molar-refractivity contribution in [2.75, 3.05) is 28.3 Å². The highest BCUT2D eigenvalue weighted by atomic mass is 16.5. The minimum Gasteiger partial charge on any atom is -0.507 e. The van der Waals surface area contributed by atoms with Crippen molar-refractivity contribution < 1.29 is 19.0 Å². The van der Waals surface area contributed by atoms with Gasteiger partial charge in [0.1, 0.15) is 22.8 Å². The van der Waals surface area contributed by atoms with Crippen molar-refractivity contribution >= 4 is 11.0 Å². The maximum atomic E-state index is 12.7. The number of rotatable bonds is 5. The molecule has 0 radical (unpaired) electrons. The lowest BCUT2D eigenvalue weighted by Gasteiger charge is -2.14. The number of nitrogens with zero attached hydrogens (tertiary/aromatic N) is 1.